The number of halogens is 1. The number of benzene rings is 2. The predicted molar refractivity (Wildman–Crippen MR) is 106 cm³/mol. The fraction of sp³-hybridized carbons (Fsp3) is 0.143. The van der Waals surface area contributed by atoms with E-state index in [4.69, 9.17) is 20.8 Å². The number of carbonyl (C=O) groups excluding carboxylic acids is 2. The largest absolute Gasteiger partial charge is 0.481 e. The Morgan fingerprint density at radius 2 is 1.79 bits per heavy atom. The minimum atomic E-state index is -0.670. The molecule has 2 amide bonds. The molecule has 0 radical (unpaired) electrons. The molecule has 2 aromatic carbocycles. The second kappa shape index (κ2) is 9.10. The van der Waals surface area contributed by atoms with E-state index in [9.17, 15) is 9.59 Å². The summed E-state index contributed by atoms with van der Waals surface area (Å²) in [4.78, 5) is 24.1. The van der Waals surface area contributed by atoms with Crippen LogP contribution in [0.1, 0.15) is 23.0 Å². The van der Waals surface area contributed by atoms with Gasteiger partial charge in [0.25, 0.3) is 11.8 Å². The third-order valence-corrected chi connectivity index (χ3v) is 4.17. The number of furan rings is 1. The summed E-state index contributed by atoms with van der Waals surface area (Å²) in [6, 6.07) is 17.2. The number of rotatable bonds is 7. The predicted octanol–water partition coefficient (Wildman–Crippen LogP) is 4.27. The maximum atomic E-state index is 12.2. The lowest BCUT2D eigenvalue weighted by molar-refractivity contribution is -0.127. The Bertz CT molecular complexity index is 922. The number of ether oxygens (including phenoxy) is 1. The monoisotopic (exact) mass is 398 g/mol. The molecule has 1 aromatic heterocycles. The SMILES string of the molecule is C[C@@H](Oc1ccc(NC(=O)c2ccco2)cc1)C(=O)NCc1ccc(Cl)cc1. The lowest BCUT2D eigenvalue weighted by Gasteiger charge is -2.15. The maximum Gasteiger partial charge on any atom is 0.291 e. The summed E-state index contributed by atoms with van der Waals surface area (Å²) < 4.78 is 10.7. The molecule has 3 rings (SSSR count). The van der Waals surface area contributed by atoms with Crippen molar-refractivity contribution in [2.24, 2.45) is 0 Å². The first-order valence-corrected chi connectivity index (χ1v) is 9.03. The molecule has 144 valence electrons. The molecule has 28 heavy (non-hydrogen) atoms. The van der Waals surface area contributed by atoms with Crippen molar-refractivity contribution in [2.45, 2.75) is 19.6 Å². The number of hydrogen-bond acceptors (Lipinski definition) is 4. The van der Waals surface area contributed by atoms with E-state index < -0.39 is 6.10 Å². The standard InChI is InChI=1S/C21H19ClN2O4/c1-14(20(25)23-13-15-4-6-16(22)7-5-15)28-18-10-8-17(9-11-18)24-21(26)19-3-2-12-27-19/h2-12,14H,13H2,1H3,(H,23,25)(H,24,26)/t14-/m1/s1. The van der Waals surface area contributed by atoms with Crippen LogP contribution in [0.2, 0.25) is 5.02 Å². The van der Waals surface area contributed by atoms with E-state index >= 15 is 0 Å². The van der Waals surface area contributed by atoms with Crippen LogP contribution in [-0.4, -0.2) is 17.9 Å². The number of carbonyl (C=O) groups is 2. The average Bonchev–Trinajstić information content (AvgIpc) is 3.24. The van der Waals surface area contributed by atoms with Crippen LogP contribution in [0.5, 0.6) is 5.75 Å². The van der Waals surface area contributed by atoms with Gasteiger partial charge in [-0.3, -0.25) is 9.59 Å². The van der Waals surface area contributed by atoms with Crippen LogP contribution in [-0.2, 0) is 11.3 Å². The normalized spacial score (nSPS) is 11.5. The first-order chi connectivity index (χ1) is 13.5. The lowest BCUT2D eigenvalue weighted by atomic mass is 10.2. The molecule has 2 N–H and O–H groups in total. The van der Waals surface area contributed by atoms with E-state index in [0.717, 1.165) is 5.56 Å². The zero-order chi connectivity index (χ0) is 19.9. The van der Waals surface area contributed by atoms with Gasteiger partial charge in [0.05, 0.1) is 6.26 Å². The number of nitrogens with one attached hydrogen (secondary N) is 2. The molecule has 0 aliphatic carbocycles. The average molecular weight is 399 g/mol. The molecule has 7 heteroatoms. The highest BCUT2D eigenvalue weighted by molar-refractivity contribution is 6.30. The van der Waals surface area contributed by atoms with Gasteiger partial charge in [0.2, 0.25) is 0 Å². The Hall–Kier alpha value is -3.25. The van der Waals surface area contributed by atoms with Gasteiger partial charge in [-0.2, -0.15) is 0 Å². The van der Waals surface area contributed by atoms with E-state index in [2.05, 4.69) is 10.6 Å². The number of anilines is 1. The van der Waals surface area contributed by atoms with Gasteiger partial charge in [-0.25, -0.2) is 0 Å². The third-order valence-electron chi connectivity index (χ3n) is 3.92. The van der Waals surface area contributed by atoms with Gasteiger partial charge < -0.3 is 19.8 Å². The van der Waals surface area contributed by atoms with Gasteiger partial charge in [-0.15, -0.1) is 0 Å². The topological polar surface area (TPSA) is 80.6 Å². The highest BCUT2D eigenvalue weighted by atomic mass is 35.5. The van der Waals surface area contributed by atoms with Crippen LogP contribution < -0.4 is 15.4 Å². The molecule has 6 nitrogen and oxygen atoms in total. The van der Waals surface area contributed by atoms with Gasteiger partial charge in [-0.05, 0) is 61.0 Å². The Morgan fingerprint density at radius 3 is 2.43 bits per heavy atom. The molecule has 1 atom stereocenters. The second-order valence-electron chi connectivity index (χ2n) is 6.06. The molecule has 1 heterocycles. The van der Waals surface area contributed by atoms with Gasteiger partial charge in [0, 0.05) is 17.3 Å². The molecular formula is C21H19ClN2O4. The summed E-state index contributed by atoms with van der Waals surface area (Å²) in [7, 11) is 0. The van der Waals surface area contributed by atoms with Crippen molar-refractivity contribution in [1.82, 2.24) is 5.32 Å². The van der Waals surface area contributed by atoms with Crippen molar-refractivity contribution in [2.75, 3.05) is 5.32 Å². The Balaban J connectivity index is 1.49. The van der Waals surface area contributed by atoms with Crippen molar-refractivity contribution < 1.29 is 18.7 Å². The first kappa shape index (κ1) is 19.5. The summed E-state index contributed by atoms with van der Waals surface area (Å²) in [6.07, 6.45) is 0.765. The number of hydrogen-bond donors (Lipinski definition) is 2. The van der Waals surface area contributed by atoms with Gasteiger partial charge in [0.1, 0.15) is 5.75 Å². The quantitative estimate of drug-likeness (QED) is 0.622. The molecule has 0 aliphatic rings. The summed E-state index contributed by atoms with van der Waals surface area (Å²) in [5, 5.41) is 6.18. The van der Waals surface area contributed by atoms with Gasteiger partial charge in [0.15, 0.2) is 11.9 Å². The fourth-order valence-electron chi connectivity index (χ4n) is 2.41. The molecule has 0 bridgehead atoms. The highest BCUT2D eigenvalue weighted by Gasteiger charge is 2.14. The van der Waals surface area contributed by atoms with Crippen molar-refractivity contribution in [3.8, 4) is 5.75 Å². The molecule has 0 aliphatic heterocycles. The second-order valence-corrected chi connectivity index (χ2v) is 6.50. The Kier molecular flexibility index (Phi) is 6.34. The van der Waals surface area contributed by atoms with E-state index in [1.807, 2.05) is 12.1 Å². The van der Waals surface area contributed by atoms with E-state index in [1.54, 1.807) is 55.5 Å². The first-order valence-electron chi connectivity index (χ1n) is 8.65. The van der Waals surface area contributed by atoms with Crippen molar-refractivity contribution in [3.05, 3.63) is 83.3 Å². The lowest BCUT2D eigenvalue weighted by Crippen LogP contribution is -2.35. The minimum absolute atomic E-state index is 0.228. The van der Waals surface area contributed by atoms with Gasteiger partial charge in [-0.1, -0.05) is 23.7 Å². The van der Waals surface area contributed by atoms with Crippen LogP contribution in [0.15, 0.2) is 71.3 Å². The number of amides is 2. The van der Waals surface area contributed by atoms with Crippen LogP contribution >= 0.6 is 11.6 Å². The maximum absolute atomic E-state index is 12.2. The van der Waals surface area contributed by atoms with Crippen molar-refractivity contribution >= 4 is 29.1 Å². The molecule has 3 aromatic rings. The van der Waals surface area contributed by atoms with E-state index in [0.29, 0.717) is 23.0 Å². The summed E-state index contributed by atoms with van der Waals surface area (Å²) in [6.45, 7) is 2.06. The van der Waals surface area contributed by atoms with Crippen LogP contribution in [0.4, 0.5) is 5.69 Å². The summed E-state index contributed by atoms with van der Waals surface area (Å²) in [5.74, 6) is 0.176. The van der Waals surface area contributed by atoms with Crippen molar-refractivity contribution in [3.63, 3.8) is 0 Å². The molecule has 0 saturated carbocycles. The Labute approximate surface area is 167 Å². The Morgan fingerprint density at radius 1 is 1.07 bits per heavy atom. The van der Waals surface area contributed by atoms with Crippen LogP contribution in [0.3, 0.4) is 0 Å². The van der Waals surface area contributed by atoms with Gasteiger partial charge >= 0.3 is 0 Å². The highest BCUT2D eigenvalue weighted by Crippen LogP contribution is 2.18. The molecule has 0 fully saturated rings. The van der Waals surface area contributed by atoms with Crippen LogP contribution in [0.25, 0.3) is 0 Å². The molecule has 0 unspecified atom stereocenters. The van der Waals surface area contributed by atoms with E-state index in [-0.39, 0.29) is 17.6 Å². The smallest absolute Gasteiger partial charge is 0.291 e. The third kappa shape index (κ3) is 5.37. The zero-order valence-electron chi connectivity index (χ0n) is 15.1. The van der Waals surface area contributed by atoms with Crippen LogP contribution in [0, 0.1) is 0 Å². The molecule has 0 saturated heterocycles. The van der Waals surface area contributed by atoms with Crippen molar-refractivity contribution in [1.29, 1.82) is 0 Å². The van der Waals surface area contributed by atoms with E-state index in [1.165, 1.54) is 6.26 Å². The molecular weight excluding hydrogens is 380 g/mol. The summed E-state index contributed by atoms with van der Waals surface area (Å²) >= 11 is 5.84. The zero-order valence-corrected chi connectivity index (χ0v) is 15.9. The molecule has 0 spiro atoms. The fourth-order valence-corrected chi connectivity index (χ4v) is 2.54. The summed E-state index contributed by atoms with van der Waals surface area (Å²) in [5.41, 5.74) is 1.54. The minimum Gasteiger partial charge on any atom is -0.481 e.